The van der Waals surface area contributed by atoms with Crippen LogP contribution in [0.15, 0.2) is 42.6 Å². The number of ether oxygens (including phenoxy) is 3. The van der Waals surface area contributed by atoms with Crippen molar-refractivity contribution in [1.29, 1.82) is 0 Å². The molecule has 1 aliphatic rings. The summed E-state index contributed by atoms with van der Waals surface area (Å²) in [6, 6.07) is 10.4. The van der Waals surface area contributed by atoms with E-state index in [-0.39, 0.29) is 5.82 Å². The Morgan fingerprint density at radius 3 is 2.33 bits per heavy atom. The molecule has 1 atom stereocenters. The first kappa shape index (κ1) is 19.9. The molecule has 2 heterocycles. The second-order valence-electron chi connectivity index (χ2n) is 7.04. The summed E-state index contributed by atoms with van der Waals surface area (Å²) in [6.45, 7) is 1.56. The number of halogens is 1. The zero-order chi connectivity index (χ0) is 21.1. The quantitative estimate of drug-likeness (QED) is 0.614. The highest BCUT2D eigenvalue weighted by molar-refractivity contribution is 5.68. The van der Waals surface area contributed by atoms with Crippen LogP contribution in [-0.4, -0.2) is 49.6 Å². The monoisotopic (exact) mass is 410 g/mol. The molecular formula is C22H23FN4O3. The standard InChI is InChI=1S/C22H23FN4O3/c1-28-19-10-16(11-20(29-2)21(19)30-3)18-12-24-26-22(25-18)27-9-8-15(13-27)14-4-6-17(23)7-5-14/h4-7,10-12,15H,8-9,13H2,1-3H3/t15-/m1/s1. The molecule has 7 nitrogen and oxygen atoms in total. The summed E-state index contributed by atoms with van der Waals surface area (Å²) in [5.74, 6) is 2.26. The first-order valence-electron chi connectivity index (χ1n) is 9.63. The Morgan fingerprint density at radius 1 is 1.00 bits per heavy atom. The molecule has 30 heavy (non-hydrogen) atoms. The second-order valence-corrected chi connectivity index (χ2v) is 7.04. The first-order valence-corrected chi connectivity index (χ1v) is 9.63. The Morgan fingerprint density at radius 2 is 1.70 bits per heavy atom. The van der Waals surface area contributed by atoms with E-state index >= 15 is 0 Å². The molecule has 1 saturated heterocycles. The lowest BCUT2D eigenvalue weighted by molar-refractivity contribution is 0.324. The van der Waals surface area contributed by atoms with Gasteiger partial charge in [-0.2, -0.15) is 5.10 Å². The van der Waals surface area contributed by atoms with Crippen LogP contribution in [0.3, 0.4) is 0 Å². The lowest BCUT2D eigenvalue weighted by atomic mass is 9.99. The van der Waals surface area contributed by atoms with Crippen LogP contribution < -0.4 is 19.1 Å². The largest absolute Gasteiger partial charge is 0.493 e. The van der Waals surface area contributed by atoms with Crippen LogP contribution in [0.4, 0.5) is 10.3 Å². The third-order valence-electron chi connectivity index (χ3n) is 5.32. The molecule has 0 radical (unpaired) electrons. The Labute approximate surface area is 174 Å². The number of hydrogen-bond donors (Lipinski definition) is 0. The molecule has 1 aliphatic heterocycles. The van der Waals surface area contributed by atoms with Gasteiger partial charge in [0.2, 0.25) is 11.7 Å². The molecule has 3 aromatic rings. The fraction of sp³-hybridized carbons (Fsp3) is 0.318. The van der Waals surface area contributed by atoms with Gasteiger partial charge in [-0.1, -0.05) is 12.1 Å². The number of benzene rings is 2. The van der Waals surface area contributed by atoms with Gasteiger partial charge < -0.3 is 19.1 Å². The lowest BCUT2D eigenvalue weighted by Crippen LogP contribution is -2.22. The minimum Gasteiger partial charge on any atom is -0.493 e. The second kappa shape index (κ2) is 8.52. The van der Waals surface area contributed by atoms with Gasteiger partial charge in [-0.25, -0.2) is 9.37 Å². The number of methoxy groups -OCH3 is 3. The van der Waals surface area contributed by atoms with E-state index < -0.39 is 0 Å². The minimum absolute atomic E-state index is 0.223. The average Bonchev–Trinajstić information content (AvgIpc) is 3.29. The van der Waals surface area contributed by atoms with Gasteiger partial charge in [0, 0.05) is 24.6 Å². The van der Waals surface area contributed by atoms with Crippen molar-refractivity contribution in [3.8, 4) is 28.5 Å². The molecule has 0 saturated carbocycles. The molecule has 0 spiro atoms. The third-order valence-corrected chi connectivity index (χ3v) is 5.32. The molecule has 1 aromatic heterocycles. The molecule has 1 fully saturated rings. The van der Waals surface area contributed by atoms with Crippen LogP contribution in [0.2, 0.25) is 0 Å². The Kier molecular flexibility index (Phi) is 5.65. The highest BCUT2D eigenvalue weighted by Crippen LogP contribution is 2.41. The van der Waals surface area contributed by atoms with Gasteiger partial charge in [0.1, 0.15) is 5.82 Å². The smallest absolute Gasteiger partial charge is 0.245 e. The van der Waals surface area contributed by atoms with Gasteiger partial charge in [-0.15, -0.1) is 5.10 Å². The number of anilines is 1. The SMILES string of the molecule is COc1cc(-c2cnnc(N3CC[C@@H](c4ccc(F)cc4)C3)n2)cc(OC)c1OC. The molecule has 8 heteroatoms. The topological polar surface area (TPSA) is 69.6 Å². The van der Waals surface area contributed by atoms with E-state index in [1.165, 1.54) is 12.1 Å². The van der Waals surface area contributed by atoms with Crippen molar-refractivity contribution in [3.63, 3.8) is 0 Å². The molecule has 2 aromatic carbocycles. The molecule has 0 N–H and O–H groups in total. The van der Waals surface area contributed by atoms with E-state index in [2.05, 4.69) is 15.1 Å². The maximum absolute atomic E-state index is 13.2. The fourth-order valence-electron chi connectivity index (χ4n) is 3.75. The maximum Gasteiger partial charge on any atom is 0.245 e. The summed E-state index contributed by atoms with van der Waals surface area (Å²) in [5, 5.41) is 8.38. The molecule has 4 rings (SSSR count). The van der Waals surface area contributed by atoms with Gasteiger partial charge in [0.25, 0.3) is 0 Å². The molecular weight excluding hydrogens is 387 g/mol. The summed E-state index contributed by atoms with van der Waals surface area (Å²) < 4.78 is 29.5. The Hall–Kier alpha value is -3.42. The van der Waals surface area contributed by atoms with Crippen molar-refractivity contribution in [2.45, 2.75) is 12.3 Å². The van der Waals surface area contributed by atoms with E-state index in [0.29, 0.717) is 34.8 Å². The number of rotatable bonds is 6. The van der Waals surface area contributed by atoms with Crippen LogP contribution in [0.1, 0.15) is 17.9 Å². The third kappa shape index (κ3) is 3.85. The zero-order valence-electron chi connectivity index (χ0n) is 17.1. The van der Waals surface area contributed by atoms with Crippen molar-refractivity contribution in [3.05, 3.63) is 54.0 Å². The number of nitrogens with zero attached hydrogens (tertiary/aromatic N) is 4. The van der Waals surface area contributed by atoms with Crippen LogP contribution in [0.25, 0.3) is 11.3 Å². The van der Waals surface area contributed by atoms with Crippen molar-refractivity contribution < 1.29 is 18.6 Å². The molecule has 0 aliphatic carbocycles. The minimum atomic E-state index is -0.223. The van der Waals surface area contributed by atoms with Crippen LogP contribution in [0, 0.1) is 5.82 Å². The normalized spacial score (nSPS) is 15.9. The van der Waals surface area contributed by atoms with Crippen LogP contribution in [-0.2, 0) is 0 Å². The zero-order valence-corrected chi connectivity index (χ0v) is 17.1. The van der Waals surface area contributed by atoms with Gasteiger partial charge >= 0.3 is 0 Å². The molecule has 0 bridgehead atoms. The summed E-state index contributed by atoms with van der Waals surface area (Å²) in [5.41, 5.74) is 2.56. The number of hydrogen-bond acceptors (Lipinski definition) is 7. The highest BCUT2D eigenvalue weighted by atomic mass is 19.1. The van der Waals surface area contributed by atoms with Crippen LogP contribution >= 0.6 is 0 Å². The molecule has 0 amide bonds. The van der Waals surface area contributed by atoms with Gasteiger partial charge in [0.05, 0.1) is 33.2 Å². The van der Waals surface area contributed by atoms with Gasteiger partial charge in [0.15, 0.2) is 11.5 Å². The van der Waals surface area contributed by atoms with Crippen LogP contribution in [0.5, 0.6) is 17.2 Å². The maximum atomic E-state index is 13.2. The fourth-order valence-corrected chi connectivity index (χ4v) is 3.75. The first-order chi connectivity index (χ1) is 14.6. The molecule has 0 unspecified atom stereocenters. The number of aromatic nitrogens is 3. The predicted molar refractivity (Wildman–Crippen MR) is 111 cm³/mol. The van der Waals surface area contributed by atoms with Crippen molar-refractivity contribution in [2.75, 3.05) is 39.3 Å². The van der Waals surface area contributed by atoms with E-state index in [1.807, 2.05) is 24.3 Å². The molecule has 156 valence electrons. The summed E-state index contributed by atoms with van der Waals surface area (Å²) in [4.78, 5) is 6.81. The Bertz CT molecular complexity index is 1000. The summed E-state index contributed by atoms with van der Waals surface area (Å²) >= 11 is 0. The highest BCUT2D eigenvalue weighted by Gasteiger charge is 2.26. The lowest BCUT2D eigenvalue weighted by Gasteiger charge is -2.17. The van der Waals surface area contributed by atoms with Crippen molar-refractivity contribution >= 4 is 5.95 Å². The van der Waals surface area contributed by atoms with E-state index in [4.69, 9.17) is 19.2 Å². The summed E-state index contributed by atoms with van der Waals surface area (Å²) in [7, 11) is 4.71. The van der Waals surface area contributed by atoms with Crippen molar-refractivity contribution in [1.82, 2.24) is 15.2 Å². The summed E-state index contributed by atoms with van der Waals surface area (Å²) in [6.07, 6.45) is 2.56. The predicted octanol–water partition coefficient (Wildman–Crippen LogP) is 3.70. The van der Waals surface area contributed by atoms with E-state index in [1.54, 1.807) is 27.5 Å². The van der Waals surface area contributed by atoms with Gasteiger partial charge in [-0.3, -0.25) is 0 Å². The van der Waals surface area contributed by atoms with Gasteiger partial charge in [-0.05, 0) is 36.2 Å². The Balaban J connectivity index is 1.60. The van der Waals surface area contributed by atoms with E-state index in [0.717, 1.165) is 30.6 Å². The van der Waals surface area contributed by atoms with E-state index in [9.17, 15) is 4.39 Å². The average molecular weight is 410 g/mol. The van der Waals surface area contributed by atoms with Crippen molar-refractivity contribution in [2.24, 2.45) is 0 Å².